The SMILES string of the molecule is COc1cc(OC)c2ccccc2c1[CH]C(C)=O. The Balaban J connectivity index is 2.76. The zero-order chi connectivity index (χ0) is 13.1. The first-order valence-electron chi connectivity index (χ1n) is 5.66. The molecular weight excluding hydrogens is 228 g/mol. The monoisotopic (exact) mass is 243 g/mol. The standard InChI is InChI=1S/C15H15O3/c1-10(16)8-13-11-6-4-5-7-12(11)14(17-2)9-15(13)18-3/h4-9H,1-3H3. The fraction of sp³-hybridized carbons (Fsp3) is 0.200. The number of hydrogen-bond donors (Lipinski definition) is 0. The molecule has 0 bridgehead atoms. The quantitative estimate of drug-likeness (QED) is 0.828. The number of ether oxygens (including phenoxy) is 2. The summed E-state index contributed by atoms with van der Waals surface area (Å²) in [4.78, 5) is 11.3. The zero-order valence-electron chi connectivity index (χ0n) is 10.7. The van der Waals surface area contributed by atoms with Crippen LogP contribution in [0.5, 0.6) is 11.5 Å². The molecule has 93 valence electrons. The fourth-order valence-corrected chi connectivity index (χ4v) is 2.03. The van der Waals surface area contributed by atoms with Crippen LogP contribution in [0.25, 0.3) is 10.8 Å². The average molecular weight is 243 g/mol. The van der Waals surface area contributed by atoms with Crippen LogP contribution < -0.4 is 9.47 Å². The van der Waals surface area contributed by atoms with Crippen LogP contribution in [0.2, 0.25) is 0 Å². The van der Waals surface area contributed by atoms with Gasteiger partial charge in [-0.1, -0.05) is 24.3 Å². The van der Waals surface area contributed by atoms with Crippen LogP contribution >= 0.6 is 0 Å². The van der Waals surface area contributed by atoms with Gasteiger partial charge in [0.25, 0.3) is 0 Å². The summed E-state index contributed by atoms with van der Waals surface area (Å²) in [7, 11) is 3.20. The average Bonchev–Trinajstić information content (AvgIpc) is 2.38. The van der Waals surface area contributed by atoms with Crippen molar-refractivity contribution >= 4 is 16.6 Å². The Hall–Kier alpha value is -2.03. The second-order valence-corrected chi connectivity index (χ2v) is 4.00. The van der Waals surface area contributed by atoms with Gasteiger partial charge in [-0.05, 0) is 12.3 Å². The number of Topliss-reactive ketones (excluding diaryl/α,β-unsaturated/α-hetero) is 1. The molecule has 0 amide bonds. The predicted octanol–water partition coefficient (Wildman–Crippen LogP) is 3.00. The summed E-state index contributed by atoms with van der Waals surface area (Å²) in [5.74, 6) is 1.37. The lowest BCUT2D eigenvalue weighted by atomic mass is 9.99. The maximum atomic E-state index is 11.3. The highest BCUT2D eigenvalue weighted by Crippen LogP contribution is 2.36. The first kappa shape index (κ1) is 12.4. The van der Waals surface area contributed by atoms with Crippen LogP contribution in [-0.2, 0) is 4.79 Å². The van der Waals surface area contributed by atoms with Crippen molar-refractivity contribution in [1.29, 1.82) is 0 Å². The van der Waals surface area contributed by atoms with Gasteiger partial charge >= 0.3 is 0 Å². The van der Waals surface area contributed by atoms with Crippen LogP contribution in [-0.4, -0.2) is 20.0 Å². The van der Waals surface area contributed by atoms with E-state index in [1.165, 1.54) is 6.92 Å². The van der Waals surface area contributed by atoms with Crippen molar-refractivity contribution in [3.8, 4) is 11.5 Å². The number of carbonyl (C=O) groups excluding carboxylic acids is 1. The van der Waals surface area contributed by atoms with E-state index in [1.807, 2.05) is 24.3 Å². The van der Waals surface area contributed by atoms with Crippen molar-refractivity contribution in [3.63, 3.8) is 0 Å². The minimum Gasteiger partial charge on any atom is -0.496 e. The molecule has 0 saturated carbocycles. The Kier molecular flexibility index (Phi) is 3.51. The molecule has 2 aromatic carbocycles. The van der Waals surface area contributed by atoms with Gasteiger partial charge in [-0.3, -0.25) is 4.79 Å². The van der Waals surface area contributed by atoms with Gasteiger partial charge in [0, 0.05) is 17.0 Å². The fourth-order valence-electron chi connectivity index (χ4n) is 2.03. The number of carbonyl (C=O) groups is 1. The third-order valence-electron chi connectivity index (χ3n) is 2.80. The highest BCUT2D eigenvalue weighted by atomic mass is 16.5. The van der Waals surface area contributed by atoms with Gasteiger partial charge in [0.15, 0.2) is 0 Å². The van der Waals surface area contributed by atoms with Gasteiger partial charge in [0.05, 0.1) is 20.6 Å². The molecule has 0 saturated heterocycles. The van der Waals surface area contributed by atoms with E-state index in [2.05, 4.69) is 0 Å². The molecule has 0 N–H and O–H groups in total. The Labute approximate surface area is 106 Å². The Morgan fingerprint density at radius 2 is 1.67 bits per heavy atom. The van der Waals surface area contributed by atoms with Crippen LogP contribution in [0.4, 0.5) is 0 Å². The van der Waals surface area contributed by atoms with Gasteiger partial charge in [0.2, 0.25) is 0 Å². The summed E-state index contributed by atoms with van der Waals surface area (Å²) in [5, 5.41) is 1.91. The zero-order valence-corrected chi connectivity index (χ0v) is 10.7. The molecule has 0 unspecified atom stereocenters. The summed E-state index contributed by atoms with van der Waals surface area (Å²) >= 11 is 0. The third-order valence-corrected chi connectivity index (χ3v) is 2.80. The molecule has 2 aromatic rings. The van der Waals surface area contributed by atoms with Crippen LogP contribution in [0, 0.1) is 6.42 Å². The van der Waals surface area contributed by atoms with Crippen molar-refractivity contribution < 1.29 is 14.3 Å². The number of benzene rings is 2. The van der Waals surface area contributed by atoms with E-state index in [1.54, 1.807) is 26.7 Å². The maximum Gasteiger partial charge on any atom is 0.138 e. The van der Waals surface area contributed by atoms with Crippen molar-refractivity contribution in [3.05, 3.63) is 42.3 Å². The molecule has 0 aromatic heterocycles. The molecule has 0 aliphatic rings. The number of hydrogen-bond acceptors (Lipinski definition) is 3. The summed E-state index contributed by atoms with van der Waals surface area (Å²) in [5.41, 5.74) is 0.793. The van der Waals surface area contributed by atoms with E-state index in [0.717, 1.165) is 22.1 Å². The Bertz CT molecular complexity index is 588. The Morgan fingerprint density at radius 1 is 1.06 bits per heavy atom. The van der Waals surface area contributed by atoms with Gasteiger partial charge in [-0.2, -0.15) is 0 Å². The lowest BCUT2D eigenvalue weighted by molar-refractivity contribution is -0.113. The molecule has 2 rings (SSSR count). The van der Waals surface area contributed by atoms with E-state index in [-0.39, 0.29) is 5.78 Å². The normalized spacial score (nSPS) is 10.4. The summed E-state index contributed by atoms with van der Waals surface area (Å²) in [6, 6.07) is 9.59. The number of ketones is 1. The van der Waals surface area contributed by atoms with E-state index in [0.29, 0.717) is 5.75 Å². The lowest BCUT2D eigenvalue weighted by Gasteiger charge is -2.14. The summed E-state index contributed by atoms with van der Waals surface area (Å²) in [6.07, 6.45) is 1.58. The number of methoxy groups -OCH3 is 2. The smallest absolute Gasteiger partial charge is 0.138 e. The predicted molar refractivity (Wildman–Crippen MR) is 71.1 cm³/mol. The minimum atomic E-state index is -0.0105. The van der Waals surface area contributed by atoms with E-state index in [9.17, 15) is 4.79 Å². The third kappa shape index (κ3) is 2.16. The highest BCUT2D eigenvalue weighted by Gasteiger charge is 2.14. The summed E-state index contributed by atoms with van der Waals surface area (Å²) < 4.78 is 10.7. The van der Waals surface area contributed by atoms with Crippen LogP contribution in [0.15, 0.2) is 30.3 Å². The number of rotatable bonds is 4. The molecule has 3 nitrogen and oxygen atoms in total. The van der Waals surface area contributed by atoms with Crippen molar-refractivity contribution in [2.45, 2.75) is 6.92 Å². The first-order valence-corrected chi connectivity index (χ1v) is 5.66. The van der Waals surface area contributed by atoms with Crippen LogP contribution in [0.3, 0.4) is 0 Å². The largest absolute Gasteiger partial charge is 0.496 e. The van der Waals surface area contributed by atoms with Gasteiger partial charge in [-0.15, -0.1) is 0 Å². The van der Waals surface area contributed by atoms with Gasteiger partial charge in [0.1, 0.15) is 17.3 Å². The molecule has 3 heteroatoms. The van der Waals surface area contributed by atoms with Crippen molar-refractivity contribution in [1.82, 2.24) is 0 Å². The second-order valence-electron chi connectivity index (χ2n) is 4.00. The van der Waals surface area contributed by atoms with E-state index in [4.69, 9.17) is 9.47 Å². The topological polar surface area (TPSA) is 35.5 Å². The van der Waals surface area contributed by atoms with Crippen molar-refractivity contribution in [2.75, 3.05) is 14.2 Å². The van der Waals surface area contributed by atoms with Gasteiger partial charge < -0.3 is 9.47 Å². The minimum absolute atomic E-state index is 0.0105. The molecular formula is C15H15O3. The van der Waals surface area contributed by atoms with E-state index < -0.39 is 0 Å². The summed E-state index contributed by atoms with van der Waals surface area (Å²) in [6.45, 7) is 1.53. The molecule has 0 atom stereocenters. The molecule has 0 aliphatic carbocycles. The van der Waals surface area contributed by atoms with Gasteiger partial charge in [-0.25, -0.2) is 0 Å². The molecule has 1 radical (unpaired) electrons. The van der Waals surface area contributed by atoms with Crippen LogP contribution in [0.1, 0.15) is 12.5 Å². The highest BCUT2D eigenvalue weighted by molar-refractivity contribution is 6.00. The molecule has 0 aliphatic heterocycles. The molecule has 0 spiro atoms. The second kappa shape index (κ2) is 5.08. The molecule has 0 heterocycles. The first-order chi connectivity index (χ1) is 8.67. The Morgan fingerprint density at radius 3 is 2.22 bits per heavy atom. The molecule has 0 fully saturated rings. The lowest BCUT2D eigenvalue weighted by Crippen LogP contribution is -1.99. The molecule has 18 heavy (non-hydrogen) atoms. The number of fused-ring (bicyclic) bond motifs is 1. The van der Waals surface area contributed by atoms with Crippen molar-refractivity contribution in [2.24, 2.45) is 0 Å². The van der Waals surface area contributed by atoms with E-state index >= 15 is 0 Å². The maximum absolute atomic E-state index is 11.3.